The van der Waals surface area contributed by atoms with E-state index in [-0.39, 0.29) is 35.6 Å². The number of sulfone groups is 1. The molecule has 6 nitrogen and oxygen atoms in total. The van der Waals surface area contributed by atoms with Gasteiger partial charge in [-0.05, 0) is 31.4 Å². The van der Waals surface area contributed by atoms with Crippen molar-refractivity contribution in [2.75, 3.05) is 12.8 Å². The molecule has 1 atom stereocenters. The van der Waals surface area contributed by atoms with Crippen molar-refractivity contribution < 1.29 is 17.6 Å². The van der Waals surface area contributed by atoms with Crippen LogP contribution in [0.15, 0.2) is 16.5 Å². The second kappa shape index (κ2) is 7.99. The van der Waals surface area contributed by atoms with Gasteiger partial charge in [-0.2, -0.15) is 0 Å². The molecule has 8 heteroatoms. The van der Waals surface area contributed by atoms with Crippen molar-refractivity contribution in [2.45, 2.75) is 38.5 Å². The molecule has 0 fully saturated rings. The minimum absolute atomic E-state index is 0. The van der Waals surface area contributed by atoms with Crippen molar-refractivity contribution in [2.24, 2.45) is 11.7 Å². The van der Waals surface area contributed by atoms with Gasteiger partial charge in [0.25, 0.3) is 5.91 Å². The Morgan fingerprint density at radius 1 is 1.41 bits per heavy atom. The van der Waals surface area contributed by atoms with Gasteiger partial charge in [-0.1, -0.05) is 13.8 Å². The van der Waals surface area contributed by atoms with Gasteiger partial charge in [0.2, 0.25) is 0 Å². The van der Waals surface area contributed by atoms with E-state index in [1.807, 2.05) is 6.92 Å². The Balaban J connectivity index is 0.00000441. The van der Waals surface area contributed by atoms with E-state index in [0.717, 1.165) is 12.7 Å². The number of nitrogens with one attached hydrogen (secondary N) is 1. The van der Waals surface area contributed by atoms with Gasteiger partial charge >= 0.3 is 0 Å². The molecule has 1 rings (SSSR count). The van der Waals surface area contributed by atoms with Crippen molar-refractivity contribution >= 4 is 28.2 Å². The summed E-state index contributed by atoms with van der Waals surface area (Å²) in [5, 5.41) is 2.86. The van der Waals surface area contributed by atoms with Crippen molar-refractivity contribution in [1.82, 2.24) is 5.32 Å². The molecule has 0 saturated heterocycles. The zero-order chi connectivity index (χ0) is 16.3. The van der Waals surface area contributed by atoms with E-state index in [4.69, 9.17) is 10.2 Å². The van der Waals surface area contributed by atoms with Crippen LogP contribution in [0.3, 0.4) is 0 Å². The van der Waals surface area contributed by atoms with Crippen molar-refractivity contribution in [3.05, 3.63) is 23.7 Å². The highest BCUT2D eigenvalue weighted by Gasteiger charge is 2.27. The highest BCUT2D eigenvalue weighted by Crippen LogP contribution is 2.17. The van der Waals surface area contributed by atoms with Gasteiger partial charge in [-0.25, -0.2) is 8.42 Å². The first-order chi connectivity index (χ1) is 9.54. The number of halogens is 1. The molecule has 3 N–H and O–H groups in total. The fourth-order valence-corrected chi connectivity index (χ4v) is 2.93. The second-order valence-corrected chi connectivity index (χ2v) is 8.29. The predicted octanol–water partition coefficient (Wildman–Crippen LogP) is 1.74. The molecule has 1 amide bonds. The molecule has 0 spiro atoms. The molecule has 0 saturated carbocycles. The number of hydrogen-bond acceptors (Lipinski definition) is 5. The maximum atomic E-state index is 12.2. The van der Waals surface area contributed by atoms with Crippen LogP contribution in [0.5, 0.6) is 0 Å². The molecule has 0 aliphatic rings. The minimum Gasteiger partial charge on any atom is -0.455 e. The number of amides is 1. The SMILES string of the molecule is CC(C)CC(C)(CN)NC(=O)c1ccc(CS(C)(=O)=O)o1.Cl. The Morgan fingerprint density at radius 2 is 2.00 bits per heavy atom. The summed E-state index contributed by atoms with van der Waals surface area (Å²) >= 11 is 0. The number of carbonyl (C=O) groups is 1. The van der Waals surface area contributed by atoms with E-state index in [9.17, 15) is 13.2 Å². The van der Waals surface area contributed by atoms with Crippen LogP contribution in [0.25, 0.3) is 0 Å². The Morgan fingerprint density at radius 3 is 2.45 bits per heavy atom. The Labute approximate surface area is 138 Å². The summed E-state index contributed by atoms with van der Waals surface area (Å²) in [5.74, 6) is 0.123. The topological polar surface area (TPSA) is 102 Å². The van der Waals surface area contributed by atoms with Crippen LogP contribution < -0.4 is 11.1 Å². The van der Waals surface area contributed by atoms with Gasteiger partial charge in [0.05, 0.1) is 5.54 Å². The lowest BCUT2D eigenvalue weighted by Crippen LogP contribution is -2.52. The normalized spacial score (nSPS) is 14.3. The summed E-state index contributed by atoms with van der Waals surface area (Å²) in [7, 11) is -3.19. The van der Waals surface area contributed by atoms with Crippen LogP contribution in [0.1, 0.15) is 43.5 Å². The van der Waals surface area contributed by atoms with Gasteiger partial charge in [0.15, 0.2) is 15.6 Å². The highest BCUT2D eigenvalue weighted by atomic mass is 35.5. The summed E-state index contributed by atoms with van der Waals surface area (Å²) in [6, 6.07) is 2.97. The molecule has 0 aromatic carbocycles. The van der Waals surface area contributed by atoms with Crippen molar-refractivity contribution in [3.63, 3.8) is 0 Å². The van der Waals surface area contributed by atoms with Crippen LogP contribution in [-0.4, -0.2) is 32.7 Å². The summed E-state index contributed by atoms with van der Waals surface area (Å²) in [5.41, 5.74) is 5.23. The van der Waals surface area contributed by atoms with E-state index in [1.54, 1.807) is 0 Å². The zero-order valence-electron chi connectivity index (χ0n) is 13.4. The Hall–Kier alpha value is -1.05. The number of hydrogen-bond donors (Lipinski definition) is 2. The van der Waals surface area contributed by atoms with E-state index >= 15 is 0 Å². The fraction of sp³-hybridized carbons (Fsp3) is 0.643. The van der Waals surface area contributed by atoms with E-state index < -0.39 is 15.4 Å². The molecule has 128 valence electrons. The molecular formula is C14H25ClN2O4S. The Kier molecular flexibility index (Phi) is 7.61. The quantitative estimate of drug-likeness (QED) is 0.778. The summed E-state index contributed by atoms with van der Waals surface area (Å²) < 4.78 is 27.7. The van der Waals surface area contributed by atoms with Crippen LogP contribution in [-0.2, 0) is 15.6 Å². The van der Waals surface area contributed by atoms with Gasteiger partial charge < -0.3 is 15.5 Å². The maximum absolute atomic E-state index is 12.2. The van der Waals surface area contributed by atoms with E-state index in [1.165, 1.54) is 12.1 Å². The average molecular weight is 353 g/mol. The zero-order valence-corrected chi connectivity index (χ0v) is 15.0. The average Bonchev–Trinajstić information content (AvgIpc) is 2.73. The first-order valence-electron chi connectivity index (χ1n) is 6.84. The number of furan rings is 1. The maximum Gasteiger partial charge on any atom is 0.287 e. The molecule has 0 radical (unpaired) electrons. The summed E-state index contributed by atoms with van der Waals surface area (Å²) in [6.07, 6.45) is 1.86. The minimum atomic E-state index is -3.19. The lowest BCUT2D eigenvalue weighted by atomic mass is 9.90. The van der Waals surface area contributed by atoms with Crippen molar-refractivity contribution in [3.8, 4) is 0 Å². The van der Waals surface area contributed by atoms with E-state index in [2.05, 4.69) is 19.2 Å². The monoisotopic (exact) mass is 352 g/mol. The smallest absolute Gasteiger partial charge is 0.287 e. The number of nitrogens with two attached hydrogens (primary N) is 1. The molecule has 22 heavy (non-hydrogen) atoms. The number of carbonyl (C=O) groups excluding carboxylic acids is 1. The highest BCUT2D eigenvalue weighted by molar-refractivity contribution is 7.89. The van der Waals surface area contributed by atoms with Crippen LogP contribution >= 0.6 is 12.4 Å². The molecule has 1 unspecified atom stereocenters. The van der Waals surface area contributed by atoms with Crippen LogP contribution in [0.2, 0.25) is 0 Å². The summed E-state index contributed by atoms with van der Waals surface area (Å²) in [6.45, 7) is 6.30. The van der Waals surface area contributed by atoms with E-state index in [0.29, 0.717) is 12.5 Å². The Bertz CT molecular complexity index is 598. The lowest BCUT2D eigenvalue weighted by molar-refractivity contribution is 0.0868. The largest absolute Gasteiger partial charge is 0.455 e. The lowest BCUT2D eigenvalue weighted by Gasteiger charge is -2.30. The predicted molar refractivity (Wildman–Crippen MR) is 88.9 cm³/mol. The molecule has 1 aromatic rings. The fourth-order valence-electron chi connectivity index (χ4n) is 2.26. The molecule has 1 aromatic heterocycles. The van der Waals surface area contributed by atoms with Gasteiger partial charge in [-0.15, -0.1) is 12.4 Å². The third-order valence-corrected chi connectivity index (χ3v) is 3.82. The molecular weight excluding hydrogens is 328 g/mol. The third-order valence-electron chi connectivity index (χ3n) is 3.01. The third kappa shape index (κ3) is 6.81. The van der Waals surface area contributed by atoms with Gasteiger partial charge in [-0.3, -0.25) is 4.79 Å². The van der Waals surface area contributed by atoms with Crippen LogP contribution in [0.4, 0.5) is 0 Å². The molecule has 0 bridgehead atoms. The first kappa shape index (κ1) is 20.9. The second-order valence-electron chi connectivity index (χ2n) is 6.15. The van der Waals surface area contributed by atoms with Crippen LogP contribution in [0, 0.1) is 5.92 Å². The van der Waals surface area contributed by atoms with Crippen molar-refractivity contribution in [1.29, 1.82) is 0 Å². The summed E-state index contributed by atoms with van der Waals surface area (Å²) in [4.78, 5) is 12.2. The molecule has 0 aliphatic heterocycles. The van der Waals surface area contributed by atoms with Gasteiger partial charge in [0.1, 0.15) is 11.5 Å². The standard InChI is InChI=1S/C14H24N2O4S.ClH/c1-10(2)7-14(3,9-15)16-13(17)12-6-5-11(20-12)8-21(4,18)19;/h5-6,10H,7-9,15H2,1-4H3,(H,16,17);1H. The first-order valence-corrected chi connectivity index (χ1v) is 8.90. The molecule has 0 aliphatic carbocycles. The van der Waals surface area contributed by atoms with Gasteiger partial charge in [0, 0.05) is 12.8 Å². The molecule has 1 heterocycles. The number of rotatable bonds is 7.